The maximum atomic E-state index is 13.8. The standard InChI is InChI=1S/C19H27F3N2O.2ClH/c1-25-15-7-8-16(17(13-15)19(20,21)22)18(14-5-3-2-4-6-14)24-11-9-23-10-12-24;;/h7-8,13-14,18,23H,2-6,9-12H2,1H3;2*1H/t18-;;/m1../s1. The number of alkyl halides is 3. The zero-order valence-electron chi connectivity index (χ0n) is 15.6. The van der Waals surface area contributed by atoms with Gasteiger partial charge in [-0.05, 0) is 36.5 Å². The molecule has 3 rings (SSSR count). The number of halogens is 5. The Kier molecular flexibility index (Phi) is 9.69. The Balaban J connectivity index is 0.00000182. The van der Waals surface area contributed by atoms with Gasteiger partial charge in [0, 0.05) is 32.2 Å². The van der Waals surface area contributed by atoms with Crippen molar-refractivity contribution in [3.63, 3.8) is 0 Å². The first kappa shape index (κ1) is 24.3. The van der Waals surface area contributed by atoms with Crippen molar-refractivity contribution in [3.05, 3.63) is 29.3 Å². The van der Waals surface area contributed by atoms with Crippen LogP contribution in [0.2, 0.25) is 0 Å². The van der Waals surface area contributed by atoms with Crippen LogP contribution in [0.3, 0.4) is 0 Å². The number of hydrogen-bond donors (Lipinski definition) is 1. The van der Waals surface area contributed by atoms with Crippen molar-refractivity contribution in [2.75, 3.05) is 33.3 Å². The van der Waals surface area contributed by atoms with Crippen molar-refractivity contribution in [3.8, 4) is 5.75 Å². The Morgan fingerprint density at radius 1 is 1.07 bits per heavy atom. The van der Waals surface area contributed by atoms with E-state index in [1.807, 2.05) is 0 Å². The monoisotopic (exact) mass is 428 g/mol. The first-order chi connectivity index (χ1) is 12.0. The number of nitrogens with zero attached hydrogens (tertiary/aromatic N) is 1. The number of methoxy groups -OCH3 is 1. The van der Waals surface area contributed by atoms with Crippen molar-refractivity contribution in [2.45, 2.75) is 44.3 Å². The maximum Gasteiger partial charge on any atom is 0.416 e. The first-order valence-corrected chi connectivity index (χ1v) is 9.20. The van der Waals surface area contributed by atoms with Crippen molar-refractivity contribution in [1.29, 1.82) is 0 Å². The quantitative estimate of drug-likeness (QED) is 0.722. The van der Waals surface area contributed by atoms with Gasteiger partial charge in [0.25, 0.3) is 0 Å². The predicted octanol–water partition coefficient (Wildman–Crippen LogP) is 5.08. The Bertz CT molecular complexity index is 557. The van der Waals surface area contributed by atoms with Crippen LogP contribution in [0.25, 0.3) is 0 Å². The molecule has 1 saturated carbocycles. The Morgan fingerprint density at radius 3 is 2.26 bits per heavy atom. The van der Waals surface area contributed by atoms with Crippen molar-refractivity contribution < 1.29 is 17.9 Å². The van der Waals surface area contributed by atoms with Gasteiger partial charge in [0.1, 0.15) is 5.75 Å². The van der Waals surface area contributed by atoms with Crippen LogP contribution in [0.4, 0.5) is 13.2 Å². The Labute approximate surface area is 171 Å². The number of rotatable bonds is 4. The lowest BCUT2D eigenvalue weighted by Gasteiger charge is -2.42. The van der Waals surface area contributed by atoms with E-state index in [4.69, 9.17) is 4.74 Å². The van der Waals surface area contributed by atoms with Crippen LogP contribution in [0.5, 0.6) is 5.75 Å². The first-order valence-electron chi connectivity index (χ1n) is 9.20. The Hall–Kier alpha value is -0.690. The average Bonchev–Trinajstić information content (AvgIpc) is 2.63. The summed E-state index contributed by atoms with van der Waals surface area (Å²) < 4.78 is 46.4. The molecule has 27 heavy (non-hydrogen) atoms. The number of nitrogens with one attached hydrogen (secondary N) is 1. The summed E-state index contributed by atoms with van der Waals surface area (Å²) in [6.07, 6.45) is 1.08. The van der Waals surface area contributed by atoms with E-state index in [-0.39, 0.29) is 36.6 Å². The minimum atomic E-state index is -4.37. The van der Waals surface area contributed by atoms with E-state index in [1.54, 1.807) is 12.1 Å². The smallest absolute Gasteiger partial charge is 0.416 e. The highest BCUT2D eigenvalue weighted by Gasteiger charge is 2.40. The molecule has 0 amide bonds. The molecule has 0 unspecified atom stereocenters. The molecule has 1 aromatic carbocycles. The molecule has 1 aromatic rings. The lowest BCUT2D eigenvalue weighted by atomic mass is 9.79. The van der Waals surface area contributed by atoms with E-state index in [2.05, 4.69) is 10.2 Å². The highest BCUT2D eigenvalue weighted by Crippen LogP contribution is 2.44. The van der Waals surface area contributed by atoms with Crippen LogP contribution >= 0.6 is 24.8 Å². The summed E-state index contributed by atoms with van der Waals surface area (Å²) in [7, 11) is 1.41. The fourth-order valence-corrected chi connectivity index (χ4v) is 4.32. The molecule has 1 aliphatic carbocycles. The molecule has 0 bridgehead atoms. The Morgan fingerprint density at radius 2 is 1.70 bits per heavy atom. The highest BCUT2D eigenvalue weighted by molar-refractivity contribution is 5.85. The highest BCUT2D eigenvalue weighted by atomic mass is 35.5. The molecular weight excluding hydrogens is 400 g/mol. The van der Waals surface area contributed by atoms with Crippen molar-refractivity contribution in [2.24, 2.45) is 5.92 Å². The minimum absolute atomic E-state index is 0. The zero-order valence-corrected chi connectivity index (χ0v) is 17.2. The topological polar surface area (TPSA) is 24.5 Å². The van der Waals surface area contributed by atoms with Gasteiger partial charge in [-0.25, -0.2) is 0 Å². The number of piperazine rings is 1. The van der Waals surface area contributed by atoms with Gasteiger partial charge >= 0.3 is 6.18 Å². The summed E-state index contributed by atoms with van der Waals surface area (Å²) in [6, 6.07) is 4.31. The van der Waals surface area contributed by atoms with Gasteiger partial charge in [-0.15, -0.1) is 24.8 Å². The third kappa shape index (κ3) is 5.89. The molecule has 1 saturated heterocycles. The normalized spacial score (nSPS) is 20.3. The summed E-state index contributed by atoms with van der Waals surface area (Å²) in [5.74, 6) is 0.556. The lowest BCUT2D eigenvalue weighted by Crippen LogP contribution is -2.47. The minimum Gasteiger partial charge on any atom is -0.497 e. The molecule has 0 aromatic heterocycles. The van der Waals surface area contributed by atoms with Crippen LogP contribution in [-0.2, 0) is 6.18 Å². The second-order valence-corrected chi connectivity index (χ2v) is 7.08. The summed E-state index contributed by atoms with van der Waals surface area (Å²) in [6.45, 7) is 3.26. The molecule has 1 atom stereocenters. The van der Waals surface area contributed by atoms with Crippen LogP contribution in [0.15, 0.2) is 18.2 Å². The zero-order chi connectivity index (χ0) is 17.9. The molecule has 1 aliphatic heterocycles. The fraction of sp³-hybridized carbons (Fsp3) is 0.684. The maximum absolute atomic E-state index is 13.8. The average molecular weight is 429 g/mol. The van der Waals surface area contributed by atoms with Crippen LogP contribution in [0, 0.1) is 5.92 Å². The molecule has 1 N–H and O–H groups in total. The van der Waals surface area contributed by atoms with Gasteiger partial charge in [-0.3, -0.25) is 4.90 Å². The molecule has 0 spiro atoms. The number of ether oxygens (including phenoxy) is 1. The van der Waals surface area contributed by atoms with Gasteiger partial charge < -0.3 is 10.1 Å². The van der Waals surface area contributed by atoms with Crippen LogP contribution in [0.1, 0.15) is 49.3 Å². The molecule has 1 heterocycles. The third-order valence-electron chi connectivity index (χ3n) is 5.53. The van der Waals surface area contributed by atoms with Gasteiger partial charge in [0.2, 0.25) is 0 Å². The van der Waals surface area contributed by atoms with Gasteiger partial charge in [0.05, 0.1) is 12.7 Å². The van der Waals surface area contributed by atoms with E-state index < -0.39 is 11.7 Å². The number of hydrogen-bond acceptors (Lipinski definition) is 3. The third-order valence-corrected chi connectivity index (χ3v) is 5.53. The van der Waals surface area contributed by atoms with E-state index in [0.717, 1.165) is 57.9 Å². The van der Waals surface area contributed by atoms with Gasteiger partial charge in [-0.2, -0.15) is 13.2 Å². The molecular formula is C19H29Cl2F3N2O. The van der Waals surface area contributed by atoms with Crippen LogP contribution < -0.4 is 10.1 Å². The summed E-state index contributed by atoms with van der Waals surface area (Å²) in [5, 5.41) is 3.30. The van der Waals surface area contributed by atoms with Gasteiger partial charge in [-0.1, -0.05) is 25.3 Å². The largest absolute Gasteiger partial charge is 0.497 e. The molecule has 8 heteroatoms. The molecule has 156 valence electrons. The molecule has 2 fully saturated rings. The van der Waals surface area contributed by atoms with E-state index in [9.17, 15) is 13.2 Å². The second-order valence-electron chi connectivity index (χ2n) is 7.08. The van der Waals surface area contributed by atoms with Gasteiger partial charge in [0.15, 0.2) is 0 Å². The molecule has 0 radical (unpaired) electrons. The molecule has 3 nitrogen and oxygen atoms in total. The van der Waals surface area contributed by atoms with E-state index >= 15 is 0 Å². The van der Waals surface area contributed by atoms with Crippen molar-refractivity contribution >= 4 is 24.8 Å². The van der Waals surface area contributed by atoms with E-state index in [0.29, 0.717) is 11.5 Å². The molecule has 2 aliphatic rings. The summed E-state index contributed by atoms with van der Waals surface area (Å²) >= 11 is 0. The summed E-state index contributed by atoms with van der Waals surface area (Å²) in [5.41, 5.74) is -0.122. The van der Waals surface area contributed by atoms with E-state index in [1.165, 1.54) is 13.5 Å². The fourth-order valence-electron chi connectivity index (χ4n) is 4.32. The lowest BCUT2D eigenvalue weighted by molar-refractivity contribution is -0.139. The van der Waals surface area contributed by atoms with Crippen LogP contribution in [-0.4, -0.2) is 38.2 Å². The predicted molar refractivity (Wildman–Crippen MR) is 106 cm³/mol. The number of benzene rings is 1. The SMILES string of the molecule is COc1ccc([C@@H](C2CCCCC2)N2CCNCC2)c(C(F)(F)F)c1.Cl.Cl. The van der Waals surface area contributed by atoms with Crippen molar-refractivity contribution in [1.82, 2.24) is 10.2 Å². The summed E-state index contributed by atoms with van der Waals surface area (Å²) in [4.78, 5) is 2.25. The second kappa shape index (κ2) is 10.7.